The topological polar surface area (TPSA) is 53.1 Å². The number of carbonyl (C=O) groups is 1. The second-order valence-corrected chi connectivity index (χ2v) is 3.78. The lowest BCUT2D eigenvalue weighted by molar-refractivity contribution is -0.137. The Labute approximate surface area is 104 Å². The first-order valence-electron chi connectivity index (χ1n) is 5.08. The quantitative estimate of drug-likeness (QED) is 0.822. The number of aromatic carboxylic acids is 1. The molecular formula is C12H7F4NO2. The van der Waals surface area contributed by atoms with E-state index in [-0.39, 0.29) is 17.0 Å². The van der Waals surface area contributed by atoms with Crippen LogP contribution in [0.15, 0.2) is 30.3 Å². The van der Waals surface area contributed by atoms with Crippen molar-refractivity contribution in [2.75, 3.05) is 0 Å². The number of nitrogens with one attached hydrogen (secondary N) is 1. The summed E-state index contributed by atoms with van der Waals surface area (Å²) in [5.74, 6) is -2.31. The van der Waals surface area contributed by atoms with E-state index in [2.05, 4.69) is 4.98 Å². The van der Waals surface area contributed by atoms with Crippen LogP contribution in [0.1, 0.15) is 16.1 Å². The fourth-order valence-corrected chi connectivity index (χ4v) is 1.59. The van der Waals surface area contributed by atoms with Gasteiger partial charge in [-0.1, -0.05) is 0 Å². The van der Waals surface area contributed by atoms with E-state index >= 15 is 0 Å². The molecule has 0 fully saturated rings. The summed E-state index contributed by atoms with van der Waals surface area (Å²) in [7, 11) is 0. The monoisotopic (exact) mass is 273 g/mol. The first-order valence-corrected chi connectivity index (χ1v) is 5.08. The molecule has 7 heteroatoms. The smallest absolute Gasteiger partial charge is 0.416 e. The van der Waals surface area contributed by atoms with E-state index in [1.54, 1.807) is 0 Å². The van der Waals surface area contributed by atoms with Crippen molar-refractivity contribution in [2.24, 2.45) is 0 Å². The number of alkyl halides is 3. The highest BCUT2D eigenvalue weighted by atomic mass is 19.4. The molecule has 1 aromatic carbocycles. The van der Waals surface area contributed by atoms with Gasteiger partial charge in [0.1, 0.15) is 11.5 Å². The molecule has 1 aromatic heterocycles. The molecule has 2 N–H and O–H groups in total. The molecule has 2 aromatic rings. The van der Waals surface area contributed by atoms with Crippen molar-refractivity contribution in [1.82, 2.24) is 4.98 Å². The summed E-state index contributed by atoms with van der Waals surface area (Å²) in [6, 6.07) is 4.55. The zero-order chi connectivity index (χ0) is 14.2. The van der Waals surface area contributed by atoms with Crippen molar-refractivity contribution < 1.29 is 27.5 Å². The summed E-state index contributed by atoms with van der Waals surface area (Å²) in [6.45, 7) is 0. The Bertz CT molecular complexity index is 631. The Morgan fingerprint density at radius 2 is 1.84 bits per heavy atom. The first-order chi connectivity index (χ1) is 8.79. The molecule has 0 aliphatic rings. The maximum atomic E-state index is 13.6. The Morgan fingerprint density at radius 3 is 2.32 bits per heavy atom. The number of hydrogen-bond donors (Lipinski definition) is 2. The van der Waals surface area contributed by atoms with Crippen LogP contribution in [0.4, 0.5) is 17.6 Å². The Kier molecular flexibility index (Phi) is 3.05. The predicted molar refractivity (Wildman–Crippen MR) is 58.1 cm³/mol. The molecule has 0 spiro atoms. The number of carboxylic acids is 1. The molecule has 0 unspecified atom stereocenters. The second-order valence-electron chi connectivity index (χ2n) is 3.78. The fraction of sp³-hybridized carbons (Fsp3) is 0.0833. The van der Waals surface area contributed by atoms with Crippen LogP contribution in [0.3, 0.4) is 0 Å². The highest BCUT2D eigenvalue weighted by Gasteiger charge is 2.31. The number of hydrogen-bond acceptors (Lipinski definition) is 1. The van der Waals surface area contributed by atoms with E-state index in [9.17, 15) is 22.4 Å². The van der Waals surface area contributed by atoms with Crippen molar-refractivity contribution in [3.8, 4) is 11.3 Å². The van der Waals surface area contributed by atoms with Crippen molar-refractivity contribution in [3.63, 3.8) is 0 Å². The molecule has 3 nitrogen and oxygen atoms in total. The molecule has 19 heavy (non-hydrogen) atoms. The van der Waals surface area contributed by atoms with Gasteiger partial charge in [0.05, 0.1) is 5.56 Å². The van der Waals surface area contributed by atoms with E-state index in [1.807, 2.05) is 0 Å². The molecule has 0 amide bonds. The fourth-order valence-electron chi connectivity index (χ4n) is 1.59. The number of aromatic amines is 1. The molecule has 0 saturated carbocycles. The molecule has 2 rings (SSSR count). The minimum atomic E-state index is -4.62. The summed E-state index contributed by atoms with van der Waals surface area (Å²) in [5, 5.41) is 8.69. The number of carboxylic acid groups (broad SMARTS) is 1. The molecular weight excluding hydrogens is 266 g/mol. The second kappa shape index (κ2) is 4.42. The highest BCUT2D eigenvalue weighted by Crippen LogP contribution is 2.32. The minimum Gasteiger partial charge on any atom is -0.477 e. The van der Waals surface area contributed by atoms with E-state index < -0.39 is 23.5 Å². The van der Waals surface area contributed by atoms with E-state index in [0.717, 1.165) is 12.1 Å². The summed E-state index contributed by atoms with van der Waals surface area (Å²) in [6.07, 6.45) is -4.62. The number of aromatic nitrogens is 1. The van der Waals surface area contributed by atoms with Crippen molar-refractivity contribution in [1.29, 1.82) is 0 Å². The Balaban J connectivity index is 2.43. The zero-order valence-corrected chi connectivity index (χ0v) is 9.25. The third kappa shape index (κ3) is 2.59. The van der Waals surface area contributed by atoms with Crippen molar-refractivity contribution in [2.45, 2.75) is 6.18 Å². The van der Waals surface area contributed by atoms with Gasteiger partial charge >= 0.3 is 12.1 Å². The summed E-state index contributed by atoms with van der Waals surface area (Å²) >= 11 is 0. The van der Waals surface area contributed by atoms with Crippen LogP contribution in [0.2, 0.25) is 0 Å². The third-order valence-electron chi connectivity index (χ3n) is 2.50. The SMILES string of the molecule is O=C(O)c1ccc(-c2ccc(C(F)(F)F)cc2F)[nH]1. The number of halogens is 4. The lowest BCUT2D eigenvalue weighted by atomic mass is 10.1. The van der Waals surface area contributed by atoms with Crippen LogP contribution in [0, 0.1) is 5.82 Å². The van der Waals surface area contributed by atoms with Gasteiger partial charge in [0.15, 0.2) is 0 Å². The first kappa shape index (κ1) is 13.1. The maximum absolute atomic E-state index is 13.6. The summed E-state index contributed by atoms with van der Waals surface area (Å²) in [5.41, 5.74) is -1.29. The molecule has 0 radical (unpaired) electrons. The molecule has 0 atom stereocenters. The van der Waals surface area contributed by atoms with Gasteiger partial charge in [-0.3, -0.25) is 0 Å². The van der Waals surface area contributed by atoms with Gasteiger partial charge in [-0.05, 0) is 30.3 Å². The van der Waals surface area contributed by atoms with Gasteiger partial charge < -0.3 is 10.1 Å². The van der Waals surface area contributed by atoms with Crippen LogP contribution >= 0.6 is 0 Å². The number of benzene rings is 1. The summed E-state index contributed by atoms with van der Waals surface area (Å²) in [4.78, 5) is 13.0. The predicted octanol–water partition coefficient (Wildman–Crippen LogP) is 3.54. The van der Waals surface area contributed by atoms with Crippen molar-refractivity contribution >= 4 is 5.97 Å². The Hall–Kier alpha value is -2.31. The molecule has 1 heterocycles. The van der Waals surface area contributed by atoms with Crippen LogP contribution in [-0.4, -0.2) is 16.1 Å². The molecule has 0 aliphatic heterocycles. The molecule has 0 bridgehead atoms. The van der Waals surface area contributed by atoms with Gasteiger partial charge in [0.2, 0.25) is 0 Å². The van der Waals surface area contributed by atoms with Gasteiger partial charge in [-0.2, -0.15) is 13.2 Å². The number of H-pyrrole nitrogens is 1. The normalized spacial score (nSPS) is 11.6. The van der Waals surface area contributed by atoms with Crippen LogP contribution in [0.25, 0.3) is 11.3 Å². The average Bonchev–Trinajstić information content (AvgIpc) is 2.76. The van der Waals surface area contributed by atoms with Gasteiger partial charge in [0, 0.05) is 11.3 Å². The summed E-state index contributed by atoms with van der Waals surface area (Å²) < 4.78 is 50.7. The Morgan fingerprint density at radius 1 is 1.16 bits per heavy atom. The minimum absolute atomic E-state index is 0.101. The van der Waals surface area contributed by atoms with Crippen molar-refractivity contribution in [3.05, 3.63) is 47.4 Å². The number of rotatable bonds is 2. The van der Waals surface area contributed by atoms with Crippen LogP contribution in [-0.2, 0) is 6.18 Å². The lowest BCUT2D eigenvalue weighted by Gasteiger charge is -2.08. The van der Waals surface area contributed by atoms with E-state index in [1.165, 1.54) is 12.1 Å². The molecule has 0 saturated heterocycles. The average molecular weight is 273 g/mol. The molecule has 100 valence electrons. The third-order valence-corrected chi connectivity index (χ3v) is 2.50. The van der Waals surface area contributed by atoms with Gasteiger partial charge in [-0.25, -0.2) is 9.18 Å². The van der Waals surface area contributed by atoms with Crippen LogP contribution in [0.5, 0.6) is 0 Å². The van der Waals surface area contributed by atoms with Gasteiger partial charge in [-0.15, -0.1) is 0 Å². The zero-order valence-electron chi connectivity index (χ0n) is 9.25. The standard InChI is InChI=1S/C12H7F4NO2/c13-8-5-6(12(14,15)16)1-2-7(8)9-3-4-10(17-9)11(18)19/h1-5,17H,(H,18,19). The lowest BCUT2D eigenvalue weighted by Crippen LogP contribution is -2.05. The van der Waals surface area contributed by atoms with E-state index in [4.69, 9.17) is 5.11 Å². The largest absolute Gasteiger partial charge is 0.477 e. The van der Waals surface area contributed by atoms with Crippen LogP contribution < -0.4 is 0 Å². The van der Waals surface area contributed by atoms with Gasteiger partial charge in [0.25, 0.3) is 0 Å². The highest BCUT2D eigenvalue weighted by molar-refractivity contribution is 5.86. The maximum Gasteiger partial charge on any atom is 0.416 e. The molecule has 0 aliphatic carbocycles. The van der Waals surface area contributed by atoms with E-state index in [0.29, 0.717) is 6.07 Å².